The number of nitrogens with two attached hydrogens (primary N) is 1. The van der Waals surface area contributed by atoms with Crippen LogP contribution in [0.2, 0.25) is 0 Å². The van der Waals surface area contributed by atoms with Crippen molar-refractivity contribution in [3.63, 3.8) is 0 Å². The van der Waals surface area contributed by atoms with E-state index in [1.165, 1.54) is 11.1 Å². The molecule has 4 heteroatoms. The molecule has 1 heterocycles. The first-order chi connectivity index (χ1) is 11.7. The molecule has 4 rings (SSSR count). The maximum atomic E-state index is 5.96. The maximum Gasteiger partial charge on any atom is 0.152 e. The molecular formula is C20H19N3O. The summed E-state index contributed by atoms with van der Waals surface area (Å²) >= 11 is 0. The van der Waals surface area contributed by atoms with Crippen molar-refractivity contribution in [2.75, 3.05) is 12.8 Å². The molecule has 0 bridgehead atoms. The summed E-state index contributed by atoms with van der Waals surface area (Å²) in [5.41, 5.74) is 10.2. The number of hydrogen-bond acceptors (Lipinski definition) is 3. The minimum Gasteiger partial charge on any atom is -0.497 e. The van der Waals surface area contributed by atoms with Gasteiger partial charge in [0.15, 0.2) is 5.82 Å². The van der Waals surface area contributed by atoms with Gasteiger partial charge in [-0.1, -0.05) is 54.6 Å². The zero-order chi connectivity index (χ0) is 16.6. The lowest BCUT2D eigenvalue weighted by Gasteiger charge is -2.34. The van der Waals surface area contributed by atoms with Crippen LogP contribution in [0.4, 0.5) is 5.82 Å². The van der Waals surface area contributed by atoms with Crippen LogP contribution in [0, 0.1) is 0 Å². The van der Waals surface area contributed by atoms with E-state index < -0.39 is 0 Å². The fourth-order valence-corrected chi connectivity index (χ4v) is 3.47. The largest absolute Gasteiger partial charge is 0.497 e. The van der Waals surface area contributed by atoms with E-state index in [1.807, 2.05) is 18.2 Å². The molecule has 0 aliphatic heterocycles. The summed E-state index contributed by atoms with van der Waals surface area (Å²) in [6, 6.07) is 18.8. The second kappa shape index (κ2) is 5.57. The molecule has 3 aromatic rings. The van der Waals surface area contributed by atoms with Crippen LogP contribution in [-0.4, -0.2) is 17.3 Å². The van der Waals surface area contributed by atoms with Crippen molar-refractivity contribution in [1.82, 2.24) is 10.2 Å². The predicted octanol–water partition coefficient (Wildman–Crippen LogP) is 3.56. The molecular weight excluding hydrogens is 298 g/mol. The third-order valence-corrected chi connectivity index (χ3v) is 4.80. The Kier molecular flexibility index (Phi) is 3.38. The van der Waals surface area contributed by atoms with Crippen molar-refractivity contribution >= 4 is 11.9 Å². The number of benzene rings is 2. The highest BCUT2D eigenvalue weighted by atomic mass is 16.5. The molecule has 1 unspecified atom stereocenters. The predicted molar refractivity (Wildman–Crippen MR) is 96.0 cm³/mol. The quantitative estimate of drug-likeness (QED) is 0.776. The molecule has 4 nitrogen and oxygen atoms in total. The fraction of sp³-hybridized carbons (Fsp3) is 0.150. The Labute approximate surface area is 141 Å². The lowest BCUT2D eigenvalue weighted by Crippen LogP contribution is -2.30. The first-order valence-corrected chi connectivity index (χ1v) is 7.95. The van der Waals surface area contributed by atoms with E-state index in [4.69, 9.17) is 10.5 Å². The number of anilines is 1. The SMILES string of the molecule is COc1ccc(C2(c3ccccc3)C=Cc3c(N)n[nH]c3C2)cc1. The zero-order valence-corrected chi connectivity index (χ0v) is 13.5. The van der Waals surface area contributed by atoms with E-state index in [-0.39, 0.29) is 5.41 Å². The van der Waals surface area contributed by atoms with Crippen molar-refractivity contribution < 1.29 is 4.74 Å². The van der Waals surface area contributed by atoms with E-state index in [9.17, 15) is 0 Å². The van der Waals surface area contributed by atoms with Gasteiger partial charge in [-0.15, -0.1) is 0 Å². The Bertz CT molecular complexity index is 881. The number of nitrogens with one attached hydrogen (secondary N) is 1. The Balaban J connectivity index is 1.88. The second-order valence-corrected chi connectivity index (χ2v) is 6.08. The Morgan fingerprint density at radius 2 is 1.75 bits per heavy atom. The topological polar surface area (TPSA) is 63.9 Å². The highest BCUT2D eigenvalue weighted by molar-refractivity contribution is 5.69. The Hall–Kier alpha value is -3.01. The summed E-state index contributed by atoms with van der Waals surface area (Å²) in [4.78, 5) is 0. The van der Waals surface area contributed by atoms with Gasteiger partial charge >= 0.3 is 0 Å². The minimum absolute atomic E-state index is 0.250. The van der Waals surface area contributed by atoms with Crippen LogP contribution in [0.15, 0.2) is 60.7 Å². The van der Waals surface area contributed by atoms with Gasteiger partial charge in [0.1, 0.15) is 5.75 Å². The normalized spacial score (nSPS) is 19.0. The summed E-state index contributed by atoms with van der Waals surface area (Å²) in [7, 11) is 1.68. The molecule has 0 fully saturated rings. The van der Waals surface area contributed by atoms with Crippen LogP contribution in [0.1, 0.15) is 22.4 Å². The number of nitrogens with zero attached hydrogens (tertiary/aromatic N) is 1. The van der Waals surface area contributed by atoms with Crippen LogP contribution >= 0.6 is 0 Å². The van der Waals surface area contributed by atoms with E-state index in [0.29, 0.717) is 5.82 Å². The first-order valence-electron chi connectivity index (χ1n) is 7.95. The number of rotatable bonds is 3. The van der Waals surface area contributed by atoms with Crippen molar-refractivity contribution in [2.45, 2.75) is 11.8 Å². The van der Waals surface area contributed by atoms with E-state index in [2.05, 4.69) is 58.7 Å². The summed E-state index contributed by atoms with van der Waals surface area (Å²) in [5, 5.41) is 7.25. The maximum absolute atomic E-state index is 5.96. The number of ether oxygens (including phenoxy) is 1. The molecule has 0 spiro atoms. The number of fused-ring (bicyclic) bond motifs is 1. The number of nitrogen functional groups attached to an aromatic ring is 1. The molecule has 3 N–H and O–H groups in total. The number of aromatic nitrogens is 2. The number of hydrogen-bond donors (Lipinski definition) is 2. The average Bonchev–Trinajstić information content (AvgIpc) is 3.02. The third-order valence-electron chi connectivity index (χ3n) is 4.80. The number of allylic oxidation sites excluding steroid dienone is 1. The number of aromatic amines is 1. The van der Waals surface area contributed by atoms with Gasteiger partial charge in [0.25, 0.3) is 0 Å². The molecule has 1 atom stereocenters. The second-order valence-electron chi connectivity index (χ2n) is 6.08. The Morgan fingerprint density at radius 1 is 1.04 bits per heavy atom. The smallest absolute Gasteiger partial charge is 0.152 e. The molecule has 0 radical (unpaired) electrons. The van der Waals surface area contributed by atoms with Crippen LogP contribution in [-0.2, 0) is 11.8 Å². The molecule has 0 amide bonds. The number of H-pyrrole nitrogens is 1. The molecule has 0 saturated heterocycles. The van der Waals surface area contributed by atoms with Crippen LogP contribution < -0.4 is 10.5 Å². The van der Waals surface area contributed by atoms with Crippen LogP contribution in [0.25, 0.3) is 6.08 Å². The zero-order valence-electron chi connectivity index (χ0n) is 13.5. The van der Waals surface area contributed by atoms with Gasteiger partial charge < -0.3 is 10.5 Å². The van der Waals surface area contributed by atoms with E-state index in [0.717, 1.165) is 23.4 Å². The van der Waals surface area contributed by atoms with Crippen molar-refractivity contribution in [3.8, 4) is 5.75 Å². The molecule has 0 saturated carbocycles. The van der Waals surface area contributed by atoms with Crippen molar-refractivity contribution in [1.29, 1.82) is 0 Å². The van der Waals surface area contributed by atoms with E-state index >= 15 is 0 Å². The van der Waals surface area contributed by atoms with Crippen molar-refractivity contribution in [2.24, 2.45) is 0 Å². The highest BCUT2D eigenvalue weighted by Crippen LogP contribution is 2.42. The lowest BCUT2D eigenvalue weighted by molar-refractivity contribution is 0.414. The van der Waals surface area contributed by atoms with Gasteiger partial charge in [-0.05, 0) is 23.3 Å². The highest BCUT2D eigenvalue weighted by Gasteiger charge is 2.36. The lowest BCUT2D eigenvalue weighted by atomic mass is 9.68. The van der Waals surface area contributed by atoms with Crippen LogP contribution in [0.3, 0.4) is 0 Å². The molecule has 1 aliphatic rings. The van der Waals surface area contributed by atoms with Gasteiger partial charge in [0.05, 0.1) is 7.11 Å². The summed E-state index contributed by atoms with van der Waals surface area (Å²) in [5.74, 6) is 1.41. The standard InChI is InChI=1S/C20H19N3O/c1-24-16-9-7-15(8-10-16)20(14-5-3-2-4-6-14)12-11-17-18(13-20)22-23-19(17)21/h2-12H,13H2,1H3,(H3,21,22,23). The van der Waals surface area contributed by atoms with Gasteiger partial charge in [-0.2, -0.15) is 5.10 Å². The first kappa shape index (κ1) is 14.6. The van der Waals surface area contributed by atoms with Gasteiger partial charge in [0, 0.05) is 23.1 Å². The van der Waals surface area contributed by atoms with Gasteiger partial charge in [-0.3, -0.25) is 5.10 Å². The molecule has 120 valence electrons. The van der Waals surface area contributed by atoms with E-state index in [1.54, 1.807) is 7.11 Å². The number of methoxy groups -OCH3 is 1. The van der Waals surface area contributed by atoms with Gasteiger partial charge in [-0.25, -0.2) is 0 Å². The van der Waals surface area contributed by atoms with Crippen molar-refractivity contribution in [3.05, 3.63) is 83.1 Å². The minimum atomic E-state index is -0.250. The van der Waals surface area contributed by atoms with Crippen LogP contribution in [0.5, 0.6) is 5.75 Å². The average molecular weight is 317 g/mol. The van der Waals surface area contributed by atoms with Gasteiger partial charge in [0.2, 0.25) is 0 Å². The molecule has 24 heavy (non-hydrogen) atoms. The summed E-state index contributed by atoms with van der Waals surface area (Å²) in [6.45, 7) is 0. The summed E-state index contributed by atoms with van der Waals surface area (Å²) in [6.07, 6.45) is 5.10. The Morgan fingerprint density at radius 3 is 2.46 bits per heavy atom. The summed E-state index contributed by atoms with van der Waals surface area (Å²) < 4.78 is 5.30. The molecule has 1 aliphatic carbocycles. The monoisotopic (exact) mass is 317 g/mol. The third kappa shape index (κ3) is 2.19. The molecule has 1 aromatic heterocycles. The molecule has 2 aromatic carbocycles. The fourth-order valence-electron chi connectivity index (χ4n) is 3.47.